The van der Waals surface area contributed by atoms with Crippen LogP contribution in [0.2, 0.25) is 0 Å². The van der Waals surface area contributed by atoms with E-state index in [9.17, 15) is 14.4 Å². The quantitative estimate of drug-likeness (QED) is 0.574. The lowest BCUT2D eigenvalue weighted by Gasteiger charge is -2.08. The van der Waals surface area contributed by atoms with Crippen LogP contribution < -0.4 is 10.6 Å². The van der Waals surface area contributed by atoms with E-state index in [1.165, 1.54) is 32.5 Å². The first kappa shape index (κ1) is 19.1. The van der Waals surface area contributed by atoms with E-state index in [1.807, 2.05) is 0 Å². The Morgan fingerprint density at radius 1 is 1.00 bits per heavy atom. The predicted molar refractivity (Wildman–Crippen MR) is 94.2 cm³/mol. The molecule has 0 atom stereocenters. The van der Waals surface area contributed by atoms with Crippen LogP contribution in [0.25, 0.3) is 0 Å². The largest absolute Gasteiger partial charge is 0.465 e. The van der Waals surface area contributed by atoms with Gasteiger partial charge < -0.3 is 20.1 Å². The molecule has 8 heteroatoms. The molecule has 2 amide bonds. The highest BCUT2D eigenvalue weighted by atomic mass is 16.5. The number of rotatable bonds is 7. The molecule has 2 aromatic rings. The summed E-state index contributed by atoms with van der Waals surface area (Å²) >= 11 is 0. The number of esters is 1. The lowest BCUT2D eigenvalue weighted by molar-refractivity contribution is 0.0600. The molecule has 0 radical (unpaired) electrons. The van der Waals surface area contributed by atoms with Gasteiger partial charge in [0.25, 0.3) is 11.8 Å². The molecule has 2 N–H and O–H groups in total. The summed E-state index contributed by atoms with van der Waals surface area (Å²) in [5.41, 5.74) is 1.30. The zero-order valence-corrected chi connectivity index (χ0v) is 14.4. The molecule has 0 aliphatic heterocycles. The third-order valence-electron chi connectivity index (χ3n) is 3.41. The van der Waals surface area contributed by atoms with E-state index < -0.39 is 11.9 Å². The molecule has 1 heterocycles. The highest BCUT2D eigenvalue weighted by molar-refractivity contribution is 6.05. The Hall–Kier alpha value is -3.26. The van der Waals surface area contributed by atoms with Crippen LogP contribution in [0.15, 0.2) is 42.6 Å². The highest BCUT2D eigenvalue weighted by Gasteiger charge is 2.12. The monoisotopic (exact) mass is 357 g/mol. The second-order valence-corrected chi connectivity index (χ2v) is 5.20. The van der Waals surface area contributed by atoms with E-state index in [0.29, 0.717) is 24.4 Å². The molecule has 1 aromatic heterocycles. The third kappa shape index (κ3) is 5.12. The maximum atomic E-state index is 12.3. The van der Waals surface area contributed by atoms with E-state index >= 15 is 0 Å². The van der Waals surface area contributed by atoms with E-state index in [0.717, 1.165) is 0 Å². The number of benzene rings is 1. The Bertz CT molecular complexity index is 790. The summed E-state index contributed by atoms with van der Waals surface area (Å²) in [5, 5.41) is 5.33. The smallest absolute Gasteiger partial charge is 0.337 e. The van der Waals surface area contributed by atoms with E-state index in [-0.39, 0.29) is 17.2 Å². The molecular formula is C18H19N3O5. The van der Waals surface area contributed by atoms with Crippen molar-refractivity contribution in [2.75, 3.05) is 32.7 Å². The first-order valence-corrected chi connectivity index (χ1v) is 7.78. The van der Waals surface area contributed by atoms with Crippen molar-refractivity contribution in [2.24, 2.45) is 0 Å². The van der Waals surface area contributed by atoms with Gasteiger partial charge in [-0.05, 0) is 36.4 Å². The van der Waals surface area contributed by atoms with Crippen molar-refractivity contribution in [2.45, 2.75) is 0 Å². The first-order valence-electron chi connectivity index (χ1n) is 7.78. The van der Waals surface area contributed by atoms with Gasteiger partial charge in [0.1, 0.15) is 5.69 Å². The number of carbonyl (C=O) groups is 3. The summed E-state index contributed by atoms with van der Waals surface area (Å²) < 4.78 is 9.48. The number of anilines is 1. The SMILES string of the molecule is COCCNC(=O)c1cc(C(=O)Nc2ccc(C(=O)OC)cc2)ccn1. The zero-order chi connectivity index (χ0) is 18.9. The van der Waals surface area contributed by atoms with Crippen LogP contribution in [0.4, 0.5) is 5.69 Å². The third-order valence-corrected chi connectivity index (χ3v) is 3.41. The van der Waals surface area contributed by atoms with E-state index in [4.69, 9.17) is 4.74 Å². The van der Waals surface area contributed by atoms with Crippen LogP contribution in [0.1, 0.15) is 31.2 Å². The Labute approximate surface area is 150 Å². The number of carbonyl (C=O) groups excluding carboxylic acids is 3. The Morgan fingerprint density at radius 2 is 1.73 bits per heavy atom. The van der Waals surface area contributed by atoms with Crippen molar-refractivity contribution in [3.05, 3.63) is 59.4 Å². The number of hydrogen-bond acceptors (Lipinski definition) is 6. The molecule has 26 heavy (non-hydrogen) atoms. The molecule has 0 aliphatic rings. The average molecular weight is 357 g/mol. The minimum atomic E-state index is -0.457. The summed E-state index contributed by atoms with van der Waals surface area (Å²) in [6.07, 6.45) is 1.39. The molecule has 0 aliphatic carbocycles. The summed E-state index contributed by atoms with van der Waals surface area (Å²) in [5.74, 6) is -1.25. The van der Waals surface area contributed by atoms with Crippen LogP contribution in [-0.4, -0.2) is 50.1 Å². The second-order valence-electron chi connectivity index (χ2n) is 5.20. The Morgan fingerprint density at radius 3 is 2.38 bits per heavy atom. The number of hydrogen-bond donors (Lipinski definition) is 2. The fourth-order valence-electron chi connectivity index (χ4n) is 2.06. The van der Waals surface area contributed by atoms with Crippen molar-refractivity contribution in [3.8, 4) is 0 Å². The Balaban J connectivity index is 2.04. The first-order chi connectivity index (χ1) is 12.5. The molecule has 0 saturated heterocycles. The molecule has 2 rings (SSSR count). The van der Waals surface area contributed by atoms with Gasteiger partial charge in [0.05, 0.1) is 19.3 Å². The lowest BCUT2D eigenvalue weighted by Crippen LogP contribution is -2.28. The summed E-state index contributed by atoms with van der Waals surface area (Å²) in [7, 11) is 2.83. The standard InChI is InChI=1S/C18H19N3O5/c1-25-10-9-20-17(23)15-11-13(7-8-19-15)16(22)21-14-5-3-12(4-6-14)18(24)26-2/h3-8,11H,9-10H2,1-2H3,(H,20,23)(H,21,22). The van der Waals surface area contributed by atoms with Crippen LogP contribution in [0, 0.1) is 0 Å². The minimum absolute atomic E-state index is 0.134. The number of ether oxygens (including phenoxy) is 2. The van der Waals surface area contributed by atoms with Gasteiger partial charge in [-0.25, -0.2) is 4.79 Å². The van der Waals surface area contributed by atoms with Gasteiger partial charge in [-0.15, -0.1) is 0 Å². The number of amides is 2. The zero-order valence-electron chi connectivity index (χ0n) is 14.4. The van der Waals surface area contributed by atoms with Crippen molar-refractivity contribution in [1.29, 1.82) is 0 Å². The van der Waals surface area contributed by atoms with Gasteiger partial charge in [0.15, 0.2) is 0 Å². The number of nitrogens with one attached hydrogen (secondary N) is 2. The van der Waals surface area contributed by atoms with Crippen molar-refractivity contribution >= 4 is 23.5 Å². The minimum Gasteiger partial charge on any atom is -0.465 e. The molecule has 1 aromatic carbocycles. The Kier molecular flexibility index (Phi) is 6.81. The van der Waals surface area contributed by atoms with Crippen LogP contribution in [0.5, 0.6) is 0 Å². The normalized spacial score (nSPS) is 10.1. The van der Waals surface area contributed by atoms with Crippen LogP contribution >= 0.6 is 0 Å². The molecule has 0 saturated carbocycles. The van der Waals surface area contributed by atoms with Gasteiger partial charge in [-0.3, -0.25) is 14.6 Å². The number of aromatic nitrogens is 1. The molecule has 0 bridgehead atoms. The molecular weight excluding hydrogens is 338 g/mol. The molecule has 136 valence electrons. The van der Waals surface area contributed by atoms with Gasteiger partial charge in [0, 0.05) is 31.1 Å². The van der Waals surface area contributed by atoms with Gasteiger partial charge >= 0.3 is 5.97 Å². The van der Waals surface area contributed by atoms with Crippen LogP contribution in [-0.2, 0) is 9.47 Å². The van der Waals surface area contributed by atoms with Gasteiger partial charge in [0.2, 0.25) is 0 Å². The van der Waals surface area contributed by atoms with Gasteiger partial charge in [-0.1, -0.05) is 0 Å². The summed E-state index contributed by atoms with van der Waals surface area (Å²) in [6, 6.07) is 9.17. The highest BCUT2D eigenvalue weighted by Crippen LogP contribution is 2.12. The van der Waals surface area contributed by atoms with Crippen molar-refractivity contribution in [1.82, 2.24) is 10.3 Å². The number of methoxy groups -OCH3 is 2. The number of pyridine rings is 1. The van der Waals surface area contributed by atoms with E-state index in [2.05, 4.69) is 20.4 Å². The van der Waals surface area contributed by atoms with E-state index in [1.54, 1.807) is 24.3 Å². The average Bonchev–Trinajstić information content (AvgIpc) is 2.68. The summed E-state index contributed by atoms with van der Waals surface area (Å²) in [4.78, 5) is 39.7. The molecule has 0 unspecified atom stereocenters. The predicted octanol–water partition coefficient (Wildman–Crippen LogP) is 1.50. The number of nitrogens with zero attached hydrogens (tertiary/aromatic N) is 1. The van der Waals surface area contributed by atoms with Crippen LogP contribution in [0.3, 0.4) is 0 Å². The van der Waals surface area contributed by atoms with Gasteiger partial charge in [-0.2, -0.15) is 0 Å². The fourth-order valence-corrected chi connectivity index (χ4v) is 2.06. The maximum Gasteiger partial charge on any atom is 0.337 e. The second kappa shape index (κ2) is 9.28. The maximum absolute atomic E-state index is 12.3. The lowest BCUT2D eigenvalue weighted by atomic mass is 10.2. The topological polar surface area (TPSA) is 107 Å². The van der Waals surface area contributed by atoms with Crippen molar-refractivity contribution in [3.63, 3.8) is 0 Å². The molecule has 0 spiro atoms. The summed E-state index contributed by atoms with van der Waals surface area (Å²) in [6.45, 7) is 0.730. The fraction of sp³-hybridized carbons (Fsp3) is 0.222. The molecule has 0 fully saturated rings. The molecule has 8 nitrogen and oxygen atoms in total. The van der Waals surface area contributed by atoms with Crippen molar-refractivity contribution < 1.29 is 23.9 Å².